The van der Waals surface area contributed by atoms with E-state index < -0.39 is 0 Å². The summed E-state index contributed by atoms with van der Waals surface area (Å²) < 4.78 is 1.64. The molecule has 0 atom stereocenters. The van der Waals surface area contributed by atoms with Gasteiger partial charge in [0.2, 0.25) is 0 Å². The molecule has 1 amide bonds. The zero-order chi connectivity index (χ0) is 13.0. The second-order valence-corrected chi connectivity index (χ2v) is 4.70. The molecule has 6 nitrogen and oxygen atoms in total. The van der Waals surface area contributed by atoms with E-state index in [4.69, 9.17) is 5.73 Å². The normalized spacial score (nSPS) is 10.5. The highest BCUT2D eigenvalue weighted by Crippen LogP contribution is 2.09. The van der Waals surface area contributed by atoms with Crippen LogP contribution in [0.3, 0.4) is 0 Å². The van der Waals surface area contributed by atoms with Crippen LogP contribution in [0.25, 0.3) is 0 Å². The van der Waals surface area contributed by atoms with Gasteiger partial charge in [-0.3, -0.25) is 9.48 Å². The van der Waals surface area contributed by atoms with Gasteiger partial charge in [0, 0.05) is 37.3 Å². The van der Waals surface area contributed by atoms with Crippen molar-refractivity contribution in [3.05, 3.63) is 28.5 Å². The van der Waals surface area contributed by atoms with Crippen molar-refractivity contribution in [1.82, 2.24) is 20.1 Å². The van der Waals surface area contributed by atoms with E-state index >= 15 is 0 Å². The third kappa shape index (κ3) is 2.86. The summed E-state index contributed by atoms with van der Waals surface area (Å²) in [5, 5.41) is 9.81. The highest BCUT2D eigenvalue weighted by atomic mass is 32.1. The lowest BCUT2D eigenvalue weighted by Crippen LogP contribution is -2.26. The van der Waals surface area contributed by atoms with Gasteiger partial charge in [-0.1, -0.05) is 0 Å². The summed E-state index contributed by atoms with van der Waals surface area (Å²) in [7, 11) is 0. The van der Waals surface area contributed by atoms with Crippen LogP contribution in [0.15, 0.2) is 17.8 Å². The minimum atomic E-state index is -0.240. The number of aryl methyl sites for hydroxylation is 1. The number of carbonyl (C=O) groups is 1. The van der Waals surface area contributed by atoms with Gasteiger partial charge in [-0.25, -0.2) is 4.98 Å². The van der Waals surface area contributed by atoms with Crippen LogP contribution in [0.4, 0.5) is 5.69 Å². The largest absolute Gasteiger partial charge is 0.396 e. The third-order valence-electron chi connectivity index (χ3n) is 2.44. The Morgan fingerprint density at radius 1 is 1.61 bits per heavy atom. The van der Waals surface area contributed by atoms with Crippen molar-refractivity contribution in [2.75, 3.05) is 12.3 Å². The van der Waals surface area contributed by atoms with Crippen LogP contribution in [0.5, 0.6) is 0 Å². The number of thiazole rings is 1. The first-order valence-electron chi connectivity index (χ1n) is 5.70. The molecule has 0 fully saturated rings. The lowest BCUT2D eigenvalue weighted by molar-refractivity contribution is 0.0949. The molecule has 0 radical (unpaired) electrons. The molecule has 2 rings (SSSR count). The van der Waals surface area contributed by atoms with Gasteiger partial charge < -0.3 is 11.1 Å². The molecule has 2 heterocycles. The summed E-state index contributed by atoms with van der Waals surface area (Å²) in [5.41, 5.74) is 6.42. The average molecular weight is 265 g/mol. The summed E-state index contributed by atoms with van der Waals surface area (Å²) in [6, 6.07) is 0. The molecule has 0 aliphatic carbocycles. The van der Waals surface area contributed by atoms with Crippen molar-refractivity contribution >= 4 is 22.9 Å². The van der Waals surface area contributed by atoms with Crippen molar-refractivity contribution in [3.8, 4) is 0 Å². The SMILES string of the molecule is CCn1cc(N)c(C(=O)NCCc2nccs2)n1. The summed E-state index contributed by atoms with van der Waals surface area (Å²) in [6.45, 7) is 3.16. The standard InChI is InChI=1S/C11H15N5OS/c1-2-16-7-8(12)10(15-16)11(17)14-4-3-9-13-5-6-18-9/h5-7H,2-4,12H2,1H3,(H,14,17). The second-order valence-electron chi connectivity index (χ2n) is 3.72. The number of hydrogen-bond acceptors (Lipinski definition) is 5. The number of anilines is 1. The number of aromatic nitrogens is 3. The first kappa shape index (κ1) is 12.6. The summed E-state index contributed by atoms with van der Waals surface area (Å²) >= 11 is 1.57. The average Bonchev–Trinajstić information content (AvgIpc) is 2.98. The predicted molar refractivity (Wildman–Crippen MR) is 70.5 cm³/mol. The van der Waals surface area contributed by atoms with Crippen LogP contribution in [-0.4, -0.2) is 27.2 Å². The highest BCUT2D eigenvalue weighted by Gasteiger charge is 2.13. The molecule has 0 saturated carbocycles. The van der Waals surface area contributed by atoms with E-state index in [1.54, 1.807) is 28.4 Å². The van der Waals surface area contributed by atoms with Crippen molar-refractivity contribution in [1.29, 1.82) is 0 Å². The number of nitrogen functional groups attached to an aromatic ring is 1. The van der Waals surface area contributed by atoms with E-state index in [-0.39, 0.29) is 11.6 Å². The number of rotatable bonds is 5. The number of amides is 1. The van der Waals surface area contributed by atoms with Gasteiger partial charge in [-0.05, 0) is 6.92 Å². The third-order valence-corrected chi connectivity index (χ3v) is 3.28. The molecule has 96 valence electrons. The first-order chi connectivity index (χ1) is 8.70. The van der Waals surface area contributed by atoms with Gasteiger partial charge in [0.25, 0.3) is 5.91 Å². The lowest BCUT2D eigenvalue weighted by Gasteiger charge is -2.01. The zero-order valence-electron chi connectivity index (χ0n) is 10.1. The Morgan fingerprint density at radius 3 is 3.06 bits per heavy atom. The van der Waals surface area contributed by atoms with E-state index in [2.05, 4.69) is 15.4 Å². The molecule has 0 aliphatic rings. The van der Waals surface area contributed by atoms with E-state index in [0.717, 1.165) is 11.4 Å². The Kier molecular flexibility index (Phi) is 3.93. The number of carbonyl (C=O) groups excluding carboxylic acids is 1. The van der Waals surface area contributed by atoms with Crippen LogP contribution in [-0.2, 0) is 13.0 Å². The quantitative estimate of drug-likeness (QED) is 0.841. The maximum Gasteiger partial charge on any atom is 0.273 e. The van der Waals surface area contributed by atoms with Crippen LogP contribution < -0.4 is 11.1 Å². The smallest absolute Gasteiger partial charge is 0.273 e. The Balaban J connectivity index is 1.89. The minimum absolute atomic E-state index is 0.240. The van der Waals surface area contributed by atoms with Gasteiger partial charge in [-0.2, -0.15) is 5.10 Å². The molecule has 0 saturated heterocycles. The first-order valence-corrected chi connectivity index (χ1v) is 6.58. The molecule has 0 aromatic carbocycles. The van der Waals surface area contributed by atoms with Gasteiger partial charge in [-0.15, -0.1) is 11.3 Å². The maximum absolute atomic E-state index is 11.8. The van der Waals surface area contributed by atoms with Crippen molar-refractivity contribution in [2.45, 2.75) is 19.9 Å². The molecular formula is C11H15N5OS. The number of nitrogens with one attached hydrogen (secondary N) is 1. The van der Waals surface area contributed by atoms with Gasteiger partial charge in [0.05, 0.1) is 10.7 Å². The Bertz CT molecular complexity index is 520. The number of nitrogens with zero attached hydrogens (tertiary/aromatic N) is 3. The molecule has 0 unspecified atom stereocenters. The van der Waals surface area contributed by atoms with Gasteiger partial charge >= 0.3 is 0 Å². The molecule has 7 heteroatoms. The lowest BCUT2D eigenvalue weighted by atomic mass is 10.3. The highest BCUT2D eigenvalue weighted by molar-refractivity contribution is 7.09. The molecule has 2 aromatic heterocycles. The molecular weight excluding hydrogens is 250 g/mol. The van der Waals surface area contributed by atoms with Crippen LogP contribution in [0, 0.1) is 0 Å². The number of hydrogen-bond donors (Lipinski definition) is 2. The van der Waals surface area contributed by atoms with Gasteiger partial charge in [0.15, 0.2) is 5.69 Å². The predicted octanol–water partition coefficient (Wildman–Crippen LogP) is 0.914. The Morgan fingerprint density at radius 2 is 2.44 bits per heavy atom. The topological polar surface area (TPSA) is 85.8 Å². The summed E-state index contributed by atoms with van der Waals surface area (Å²) in [4.78, 5) is 16.0. The summed E-state index contributed by atoms with van der Waals surface area (Å²) in [5.74, 6) is -0.240. The Hall–Kier alpha value is -1.89. The second kappa shape index (κ2) is 5.63. The van der Waals surface area contributed by atoms with E-state index in [0.29, 0.717) is 18.8 Å². The molecule has 18 heavy (non-hydrogen) atoms. The number of nitrogens with two attached hydrogens (primary N) is 1. The van der Waals surface area contributed by atoms with Crippen molar-refractivity contribution in [3.63, 3.8) is 0 Å². The van der Waals surface area contributed by atoms with Crippen LogP contribution in [0.1, 0.15) is 22.4 Å². The fraction of sp³-hybridized carbons (Fsp3) is 0.364. The van der Waals surface area contributed by atoms with Crippen molar-refractivity contribution in [2.24, 2.45) is 0 Å². The minimum Gasteiger partial charge on any atom is -0.396 e. The molecule has 3 N–H and O–H groups in total. The zero-order valence-corrected chi connectivity index (χ0v) is 10.9. The van der Waals surface area contributed by atoms with E-state index in [1.165, 1.54) is 0 Å². The fourth-order valence-corrected chi connectivity index (χ4v) is 2.14. The van der Waals surface area contributed by atoms with Crippen molar-refractivity contribution < 1.29 is 4.79 Å². The van der Waals surface area contributed by atoms with E-state index in [9.17, 15) is 4.79 Å². The van der Waals surface area contributed by atoms with Crippen LogP contribution in [0.2, 0.25) is 0 Å². The monoisotopic (exact) mass is 265 g/mol. The molecule has 0 bridgehead atoms. The summed E-state index contributed by atoms with van der Waals surface area (Å²) in [6.07, 6.45) is 4.14. The van der Waals surface area contributed by atoms with Crippen LogP contribution >= 0.6 is 11.3 Å². The maximum atomic E-state index is 11.8. The fourth-order valence-electron chi connectivity index (χ4n) is 1.52. The van der Waals surface area contributed by atoms with E-state index in [1.807, 2.05) is 12.3 Å². The molecule has 0 spiro atoms. The Labute approximate surface area is 109 Å². The molecule has 0 aliphatic heterocycles. The molecule has 2 aromatic rings. The van der Waals surface area contributed by atoms with Gasteiger partial charge in [0.1, 0.15) is 0 Å².